The lowest BCUT2D eigenvalue weighted by atomic mass is 10.2. The van der Waals surface area contributed by atoms with Gasteiger partial charge in [0.05, 0.1) is 6.61 Å². The summed E-state index contributed by atoms with van der Waals surface area (Å²) < 4.78 is 5.51. The number of ether oxygens (including phenoxy) is 1. The fourth-order valence-electron chi connectivity index (χ4n) is 2.00. The van der Waals surface area contributed by atoms with Crippen molar-refractivity contribution in [1.82, 2.24) is 5.32 Å². The van der Waals surface area contributed by atoms with Crippen LogP contribution in [-0.4, -0.2) is 23.5 Å². The number of carbonyl (C=O) groups is 2. The van der Waals surface area contributed by atoms with Gasteiger partial charge in [-0.25, -0.2) is 0 Å². The Hall–Kier alpha value is -2.93. The fraction of sp³-hybridized carbons (Fsp3) is 0.167. The number of hydrogen-bond acceptors (Lipinski definition) is 4. The van der Waals surface area contributed by atoms with Crippen LogP contribution >= 0.6 is 12.2 Å². The van der Waals surface area contributed by atoms with Crippen molar-refractivity contribution in [2.24, 2.45) is 5.73 Å². The molecule has 2 rings (SSSR count). The van der Waals surface area contributed by atoms with Crippen LogP contribution in [0.2, 0.25) is 0 Å². The Kier molecular flexibility index (Phi) is 6.47. The van der Waals surface area contributed by atoms with Crippen LogP contribution in [0.4, 0.5) is 5.69 Å². The minimum absolute atomic E-state index is 0.150. The SMILES string of the molecule is CCCOc1cccc(C(=O)NC(=S)Nc2ccc(C(N)=O)cc2)c1. The van der Waals surface area contributed by atoms with Gasteiger partial charge >= 0.3 is 0 Å². The summed E-state index contributed by atoms with van der Waals surface area (Å²) in [5.41, 5.74) is 6.66. The Morgan fingerprint density at radius 3 is 2.48 bits per heavy atom. The van der Waals surface area contributed by atoms with Gasteiger partial charge in [-0.2, -0.15) is 0 Å². The molecule has 25 heavy (non-hydrogen) atoms. The minimum Gasteiger partial charge on any atom is -0.494 e. The van der Waals surface area contributed by atoms with Gasteiger partial charge in [0, 0.05) is 16.8 Å². The quantitative estimate of drug-likeness (QED) is 0.691. The molecule has 0 radical (unpaired) electrons. The van der Waals surface area contributed by atoms with Gasteiger partial charge in [0.25, 0.3) is 5.91 Å². The van der Waals surface area contributed by atoms with Crippen LogP contribution in [0.5, 0.6) is 5.75 Å². The molecule has 0 aliphatic rings. The first-order valence-corrected chi connectivity index (χ1v) is 8.15. The Morgan fingerprint density at radius 2 is 1.84 bits per heavy atom. The molecular weight excluding hydrogens is 338 g/mol. The molecule has 0 spiro atoms. The molecule has 0 aliphatic heterocycles. The van der Waals surface area contributed by atoms with E-state index in [4.69, 9.17) is 22.7 Å². The summed E-state index contributed by atoms with van der Waals surface area (Å²) in [5, 5.41) is 5.62. The van der Waals surface area contributed by atoms with Crippen LogP contribution in [0, 0.1) is 0 Å². The largest absolute Gasteiger partial charge is 0.494 e. The van der Waals surface area contributed by atoms with Gasteiger partial charge in [-0.15, -0.1) is 0 Å². The van der Waals surface area contributed by atoms with E-state index in [9.17, 15) is 9.59 Å². The first-order valence-electron chi connectivity index (χ1n) is 7.74. The third kappa shape index (κ3) is 5.58. The Labute approximate surface area is 151 Å². The maximum Gasteiger partial charge on any atom is 0.257 e. The molecule has 2 amide bonds. The van der Waals surface area contributed by atoms with Crippen LogP contribution < -0.4 is 21.1 Å². The Morgan fingerprint density at radius 1 is 1.12 bits per heavy atom. The number of nitrogens with one attached hydrogen (secondary N) is 2. The summed E-state index contributed by atoms with van der Waals surface area (Å²) in [7, 11) is 0. The molecule has 4 N–H and O–H groups in total. The molecule has 0 atom stereocenters. The van der Waals surface area contributed by atoms with Crippen molar-refractivity contribution < 1.29 is 14.3 Å². The molecule has 0 heterocycles. The highest BCUT2D eigenvalue weighted by atomic mass is 32.1. The first kappa shape index (κ1) is 18.4. The third-order valence-electron chi connectivity index (χ3n) is 3.22. The van der Waals surface area contributed by atoms with E-state index in [0.717, 1.165) is 6.42 Å². The topological polar surface area (TPSA) is 93.4 Å². The van der Waals surface area contributed by atoms with E-state index in [1.54, 1.807) is 48.5 Å². The molecule has 0 unspecified atom stereocenters. The molecule has 2 aromatic rings. The summed E-state index contributed by atoms with van der Waals surface area (Å²) >= 11 is 5.13. The van der Waals surface area contributed by atoms with Crippen molar-refractivity contribution in [2.75, 3.05) is 11.9 Å². The van der Waals surface area contributed by atoms with Crippen LogP contribution in [0.15, 0.2) is 48.5 Å². The highest BCUT2D eigenvalue weighted by Gasteiger charge is 2.09. The molecule has 7 heteroatoms. The maximum atomic E-state index is 12.3. The molecule has 0 saturated heterocycles. The molecule has 6 nitrogen and oxygen atoms in total. The molecule has 130 valence electrons. The summed E-state index contributed by atoms with van der Waals surface area (Å²) in [5.74, 6) is -0.212. The summed E-state index contributed by atoms with van der Waals surface area (Å²) in [6.45, 7) is 2.60. The lowest BCUT2D eigenvalue weighted by Crippen LogP contribution is -2.34. The van der Waals surface area contributed by atoms with E-state index < -0.39 is 5.91 Å². The van der Waals surface area contributed by atoms with Gasteiger partial charge in [0.2, 0.25) is 5.91 Å². The van der Waals surface area contributed by atoms with Gasteiger partial charge in [-0.3, -0.25) is 14.9 Å². The molecule has 0 fully saturated rings. The predicted octanol–water partition coefficient (Wildman–Crippen LogP) is 2.70. The number of benzene rings is 2. The zero-order valence-electron chi connectivity index (χ0n) is 13.7. The average Bonchev–Trinajstić information content (AvgIpc) is 2.60. The van der Waals surface area contributed by atoms with E-state index in [1.807, 2.05) is 6.92 Å². The average molecular weight is 357 g/mol. The number of anilines is 1. The van der Waals surface area contributed by atoms with E-state index in [1.165, 1.54) is 0 Å². The number of nitrogens with two attached hydrogens (primary N) is 1. The van der Waals surface area contributed by atoms with Gasteiger partial charge in [0.15, 0.2) is 5.11 Å². The third-order valence-corrected chi connectivity index (χ3v) is 3.43. The van der Waals surface area contributed by atoms with Crippen molar-refractivity contribution in [1.29, 1.82) is 0 Å². The lowest BCUT2D eigenvalue weighted by molar-refractivity contribution is 0.0974. The van der Waals surface area contributed by atoms with Crippen LogP contribution in [0.25, 0.3) is 0 Å². The van der Waals surface area contributed by atoms with Crippen LogP contribution in [-0.2, 0) is 0 Å². The van der Waals surface area contributed by atoms with Gasteiger partial charge in [0.1, 0.15) is 5.75 Å². The highest BCUT2D eigenvalue weighted by molar-refractivity contribution is 7.80. The summed E-state index contributed by atoms with van der Waals surface area (Å²) in [4.78, 5) is 23.3. The number of rotatable bonds is 6. The van der Waals surface area contributed by atoms with Crippen molar-refractivity contribution in [3.8, 4) is 5.75 Å². The zero-order chi connectivity index (χ0) is 18.2. The highest BCUT2D eigenvalue weighted by Crippen LogP contribution is 2.14. The van der Waals surface area contributed by atoms with E-state index >= 15 is 0 Å². The summed E-state index contributed by atoms with van der Waals surface area (Å²) in [6, 6.07) is 13.3. The maximum absolute atomic E-state index is 12.3. The van der Waals surface area contributed by atoms with E-state index in [2.05, 4.69) is 10.6 Å². The first-order chi connectivity index (χ1) is 12.0. The Bertz CT molecular complexity index is 775. The number of primary amides is 1. The second-order valence-corrected chi connectivity index (χ2v) is 5.63. The molecular formula is C18H19N3O3S. The molecule has 2 aromatic carbocycles. The van der Waals surface area contributed by atoms with Gasteiger partial charge < -0.3 is 15.8 Å². The molecule has 0 aromatic heterocycles. The van der Waals surface area contributed by atoms with Crippen molar-refractivity contribution in [2.45, 2.75) is 13.3 Å². The van der Waals surface area contributed by atoms with Gasteiger partial charge in [-0.1, -0.05) is 13.0 Å². The summed E-state index contributed by atoms with van der Waals surface area (Å²) in [6.07, 6.45) is 0.888. The molecule has 0 saturated carbocycles. The minimum atomic E-state index is -0.507. The van der Waals surface area contributed by atoms with Crippen molar-refractivity contribution in [3.63, 3.8) is 0 Å². The predicted molar refractivity (Wildman–Crippen MR) is 101 cm³/mol. The smallest absolute Gasteiger partial charge is 0.257 e. The van der Waals surface area contributed by atoms with Crippen LogP contribution in [0.1, 0.15) is 34.1 Å². The number of carbonyl (C=O) groups excluding carboxylic acids is 2. The van der Waals surface area contributed by atoms with Crippen LogP contribution in [0.3, 0.4) is 0 Å². The van der Waals surface area contributed by atoms with E-state index in [0.29, 0.717) is 29.2 Å². The van der Waals surface area contributed by atoms with Crippen molar-refractivity contribution >= 4 is 34.8 Å². The number of amides is 2. The zero-order valence-corrected chi connectivity index (χ0v) is 14.6. The molecule has 0 bridgehead atoms. The second kappa shape index (κ2) is 8.79. The second-order valence-electron chi connectivity index (χ2n) is 5.23. The molecule has 0 aliphatic carbocycles. The van der Waals surface area contributed by atoms with Gasteiger partial charge in [-0.05, 0) is 61.1 Å². The normalized spacial score (nSPS) is 9.96. The standard InChI is InChI=1S/C18H19N3O3S/c1-2-10-24-15-5-3-4-13(11-15)17(23)21-18(25)20-14-8-6-12(7-9-14)16(19)22/h3-9,11H,2,10H2,1H3,(H2,19,22)(H2,20,21,23,25). The monoisotopic (exact) mass is 357 g/mol. The number of hydrogen-bond donors (Lipinski definition) is 3. The van der Waals surface area contributed by atoms with E-state index in [-0.39, 0.29) is 11.0 Å². The fourth-order valence-corrected chi connectivity index (χ4v) is 2.21. The lowest BCUT2D eigenvalue weighted by Gasteiger charge is -2.11. The van der Waals surface area contributed by atoms with Crippen molar-refractivity contribution in [3.05, 3.63) is 59.7 Å². The number of thiocarbonyl (C=S) groups is 1. The Balaban J connectivity index is 1.95.